The number of amides is 1. The lowest BCUT2D eigenvalue weighted by atomic mass is 10.0. The minimum atomic E-state index is -4.41. The van der Waals surface area contributed by atoms with E-state index in [1.165, 1.54) is 13.2 Å². The average Bonchev–Trinajstić information content (AvgIpc) is 3.31. The van der Waals surface area contributed by atoms with Crippen molar-refractivity contribution in [2.75, 3.05) is 13.7 Å². The largest absolute Gasteiger partial charge is 0.416 e. The van der Waals surface area contributed by atoms with Crippen molar-refractivity contribution in [1.29, 1.82) is 0 Å². The SMILES string of the molecule is COCC(N)C(=O)N(C1CC1)C(C)c1cccc(C(F)(F)F)c1.Cl. The van der Waals surface area contributed by atoms with Gasteiger partial charge in [0.1, 0.15) is 6.04 Å². The number of hydrogen-bond donors (Lipinski definition) is 1. The number of nitrogens with zero attached hydrogens (tertiary/aromatic N) is 1. The molecule has 0 aromatic heterocycles. The Balaban J connectivity index is 0.00000288. The molecule has 1 fully saturated rings. The van der Waals surface area contributed by atoms with Gasteiger partial charge in [-0.3, -0.25) is 4.79 Å². The molecule has 0 heterocycles. The van der Waals surface area contributed by atoms with Crippen LogP contribution in [0, 0.1) is 0 Å². The van der Waals surface area contributed by atoms with E-state index in [0.29, 0.717) is 5.56 Å². The lowest BCUT2D eigenvalue weighted by molar-refractivity contribution is -0.137. The Morgan fingerprint density at radius 3 is 2.54 bits per heavy atom. The highest BCUT2D eigenvalue weighted by Gasteiger charge is 2.39. The maximum absolute atomic E-state index is 12.9. The molecule has 2 atom stereocenters. The summed E-state index contributed by atoms with van der Waals surface area (Å²) in [4.78, 5) is 14.1. The fourth-order valence-electron chi connectivity index (χ4n) is 2.62. The number of halogens is 4. The van der Waals surface area contributed by atoms with Crippen molar-refractivity contribution in [2.24, 2.45) is 5.73 Å². The molecule has 1 saturated carbocycles. The molecule has 1 aromatic rings. The zero-order valence-corrected chi connectivity index (χ0v) is 14.4. The molecule has 0 aliphatic heterocycles. The number of carbonyl (C=O) groups is 1. The van der Waals surface area contributed by atoms with Crippen LogP contribution in [0.3, 0.4) is 0 Å². The molecule has 1 aliphatic carbocycles. The number of rotatable bonds is 6. The second-order valence-electron chi connectivity index (χ2n) is 5.84. The van der Waals surface area contributed by atoms with Gasteiger partial charge in [-0.25, -0.2) is 0 Å². The topological polar surface area (TPSA) is 55.6 Å². The monoisotopic (exact) mass is 366 g/mol. The van der Waals surface area contributed by atoms with Crippen LogP contribution in [0.4, 0.5) is 13.2 Å². The van der Waals surface area contributed by atoms with Gasteiger partial charge >= 0.3 is 6.18 Å². The number of ether oxygens (including phenoxy) is 1. The van der Waals surface area contributed by atoms with E-state index in [1.807, 2.05) is 0 Å². The summed E-state index contributed by atoms with van der Waals surface area (Å²) in [7, 11) is 1.45. The number of alkyl halides is 3. The molecule has 1 aliphatic rings. The summed E-state index contributed by atoms with van der Waals surface area (Å²) in [6.45, 7) is 1.81. The molecule has 8 heteroatoms. The van der Waals surface area contributed by atoms with E-state index >= 15 is 0 Å². The van der Waals surface area contributed by atoms with Crippen molar-refractivity contribution in [3.8, 4) is 0 Å². The number of nitrogens with two attached hydrogens (primary N) is 1. The Bertz CT molecular complexity index is 564. The van der Waals surface area contributed by atoms with Crippen molar-refractivity contribution in [2.45, 2.75) is 44.1 Å². The van der Waals surface area contributed by atoms with E-state index in [2.05, 4.69) is 0 Å². The number of hydrogen-bond acceptors (Lipinski definition) is 3. The molecule has 24 heavy (non-hydrogen) atoms. The van der Waals surface area contributed by atoms with Crippen molar-refractivity contribution in [1.82, 2.24) is 4.90 Å². The minimum Gasteiger partial charge on any atom is -0.383 e. The third-order valence-electron chi connectivity index (χ3n) is 3.97. The van der Waals surface area contributed by atoms with Crippen LogP contribution < -0.4 is 5.73 Å². The van der Waals surface area contributed by atoms with Gasteiger partial charge in [-0.05, 0) is 37.5 Å². The van der Waals surface area contributed by atoms with Gasteiger partial charge in [-0.1, -0.05) is 12.1 Å². The Morgan fingerprint density at radius 2 is 2.04 bits per heavy atom. The smallest absolute Gasteiger partial charge is 0.383 e. The van der Waals surface area contributed by atoms with Crippen LogP contribution >= 0.6 is 12.4 Å². The molecule has 0 radical (unpaired) electrons. The molecule has 0 saturated heterocycles. The predicted octanol–water partition coefficient (Wildman–Crippen LogP) is 3.15. The first-order valence-corrected chi connectivity index (χ1v) is 7.49. The van der Waals surface area contributed by atoms with Crippen LogP contribution in [0.15, 0.2) is 24.3 Å². The molecule has 2 N–H and O–H groups in total. The van der Waals surface area contributed by atoms with Crippen molar-refractivity contribution >= 4 is 18.3 Å². The van der Waals surface area contributed by atoms with E-state index in [9.17, 15) is 18.0 Å². The summed E-state index contributed by atoms with van der Waals surface area (Å²) in [6.07, 6.45) is -2.72. The van der Waals surface area contributed by atoms with Gasteiger partial charge in [0.05, 0.1) is 18.2 Å². The van der Waals surface area contributed by atoms with E-state index in [1.54, 1.807) is 17.9 Å². The third kappa shape index (κ3) is 4.84. The summed E-state index contributed by atoms with van der Waals surface area (Å²) in [5.74, 6) is -0.292. The predicted molar refractivity (Wildman–Crippen MR) is 86.8 cm³/mol. The van der Waals surface area contributed by atoms with Gasteiger partial charge in [0.2, 0.25) is 5.91 Å². The molecule has 0 bridgehead atoms. The number of methoxy groups -OCH3 is 1. The summed E-state index contributed by atoms with van der Waals surface area (Å²) < 4.78 is 43.5. The van der Waals surface area contributed by atoms with E-state index in [-0.39, 0.29) is 31.0 Å². The highest BCUT2D eigenvalue weighted by Crippen LogP contribution is 2.36. The van der Waals surface area contributed by atoms with E-state index in [4.69, 9.17) is 10.5 Å². The van der Waals surface area contributed by atoms with Gasteiger partial charge < -0.3 is 15.4 Å². The van der Waals surface area contributed by atoms with E-state index in [0.717, 1.165) is 25.0 Å². The van der Waals surface area contributed by atoms with Crippen LogP contribution in [0.5, 0.6) is 0 Å². The summed E-state index contributed by atoms with van der Waals surface area (Å²) in [5, 5.41) is 0. The van der Waals surface area contributed by atoms with Gasteiger partial charge in [-0.15, -0.1) is 12.4 Å². The zero-order valence-electron chi connectivity index (χ0n) is 13.5. The van der Waals surface area contributed by atoms with Crippen LogP contribution in [0.25, 0.3) is 0 Å². The van der Waals surface area contributed by atoms with Gasteiger partial charge in [0, 0.05) is 13.2 Å². The third-order valence-corrected chi connectivity index (χ3v) is 3.97. The van der Waals surface area contributed by atoms with Crippen molar-refractivity contribution in [3.63, 3.8) is 0 Å². The summed E-state index contributed by atoms with van der Waals surface area (Å²) >= 11 is 0. The molecule has 1 amide bonds. The molecule has 0 spiro atoms. The molecular weight excluding hydrogens is 345 g/mol. The first-order valence-electron chi connectivity index (χ1n) is 7.49. The Hall–Kier alpha value is -1.31. The second kappa shape index (κ2) is 8.18. The number of carbonyl (C=O) groups excluding carboxylic acids is 1. The molecule has 136 valence electrons. The minimum absolute atomic E-state index is 0. The Kier molecular flexibility index (Phi) is 7.07. The first kappa shape index (κ1) is 20.7. The maximum Gasteiger partial charge on any atom is 0.416 e. The molecule has 2 rings (SSSR count). The summed E-state index contributed by atoms with van der Waals surface area (Å²) in [6, 6.07) is 3.83. The zero-order chi connectivity index (χ0) is 17.2. The van der Waals surface area contributed by atoms with Crippen LogP contribution in [-0.2, 0) is 15.7 Å². The highest BCUT2D eigenvalue weighted by molar-refractivity contribution is 5.85. The highest BCUT2D eigenvalue weighted by atomic mass is 35.5. The van der Waals surface area contributed by atoms with E-state index < -0.39 is 23.8 Å². The maximum atomic E-state index is 12.9. The standard InChI is InChI=1S/C16H21F3N2O2.ClH/c1-10(11-4-3-5-12(8-11)16(17,18)19)21(13-6-7-13)15(22)14(20)9-23-2;/h3-5,8,10,13-14H,6-7,9,20H2,1-2H3;1H. The lowest BCUT2D eigenvalue weighted by Crippen LogP contribution is -2.48. The van der Waals surface area contributed by atoms with Crippen LogP contribution in [-0.4, -0.2) is 36.6 Å². The van der Waals surface area contributed by atoms with Crippen LogP contribution in [0.1, 0.15) is 36.9 Å². The number of benzene rings is 1. The summed E-state index contributed by atoms with van der Waals surface area (Å²) in [5.41, 5.74) is 5.55. The fourth-order valence-corrected chi connectivity index (χ4v) is 2.62. The van der Waals surface area contributed by atoms with Gasteiger partial charge in [0.15, 0.2) is 0 Å². The van der Waals surface area contributed by atoms with Crippen LogP contribution in [0.2, 0.25) is 0 Å². The molecular formula is C16H22ClF3N2O2. The first-order chi connectivity index (χ1) is 10.8. The van der Waals surface area contributed by atoms with Crippen molar-refractivity contribution < 1.29 is 22.7 Å². The lowest BCUT2D eigenvalue weighted by Gasteiger charge is -2.32. The van der Waals surface area contributed by atoms with Crippen molar-refractivity contribution in [3.05, 3.63) is 35.4 Å². The van der Waals surface area contributed by atoms with Gasteiger partial charge in [-0.2, -0.15) is 13.2 Å². The normalized spacial score (nSPS) is 16.9. The molecule has 1 aromatic carbocycles. The molecule has 2 unspecified atom stereocenters. The Labute approximate surface area is 145 Å². The Morgan fingerprint density at radius 1 is 1.42 bits per heavy atom. The average molecular weight is 367 g/mol. The van der Waals surface area contributed by atoms with Gasteiger partial charge in [0.25, 0.3) is 0 Å². The quantitative estimate of drug-likeness (QED) is 0.841. The molecule has 4 nitrogen and oxygen atoms in total. The second-order valence-corrected chi connectivity index (χ2v) is 5.84. The fraction of sp³-hybridized carbons (Fsp3) is 0.562.